The summed E-state index contributed by atoms with van der Waals surface area (Å²) < 4.78 is 21.5. The van der Waals surface area contributed by atoms with Crippen LogP contribution in [0.4, 0.5) is 10.1 Å². The van der Waals surface area contributed by atoms with Crippen LogP contribution in [0.3, 0.4) is 0 Å². The minimum absolute atomic E-state index is 0.0515. The van der Waals surface area contributed by atoms with Crippen molar-refractivity contribution in [3.63, 3.8) is 0 Å². The van der Waals surface area contributed by atoms with Gasteiger partial charge in [0.1, 0.15) is 0 Å². The Hall–Kier alpha value is -2.56. The third kappa shape index (κ3) is 5.99. The predicted molar refractivity (Wildman–Crippen MR) is 123 cm³/mol. The summed E-state index contributed by atoms with van der Waals surface area (Å²) in [6.45, 7) is 7.25. The lowest BCUT2D eigenvalue weighted by Gasteiger charge is -2.37. The molecular weight excluding hydrogens is 393 g/mol. The summed E-state index contributed by atoms with van der Waals surface area (Å²) in [5.74, 6) is -0.188. The number of carboxylic acids is 1. The van der Waals surface area contributed by atoms with Crippen molar-refractivity contribution in [3.05, 3.63) is 48.3 Å². The molecule has 0 aromatic heterocycles. The number of ether oxygens (including phenoxy) is 1. The van der Waals surface area contributed by atoms with E-state index in [0.29, 0.717) is 29.2 Å². The third-order valence-corrected chi connectivity index (χ3v) is 6.41. The molecule has 0 spiro atoms. The lowest BCUT2D eigenvalue weighted by Crippen LogP contribution is -2.30. The fraction of sp³-hybridized carbons (Fsp3) is 0.500. The van der Waals surface area contributed by atoms with E-state index in [1.54, 1.807) is 12.1 Å². The minimum atomic E-state index is -0.838. The van der Waals surface area contributed by atoms with Crippen LogP contribution in [0, 0.1) is 17.2 Å². The number of aliphatic carboxylic acids is 1. The summed E-state index contributed by atoms with van der Waals surface area (Å²) >= 11 is 0. The largest absolute Gasteiger partial charge is 0.487 e. The normalized spacial score (nSPS) is 19.1. The third-order valence-electron chi connectivity index (χ3n) is 6.41. The van der Waals surface area contributed by atoms with E-state index in [1.165, 1.54) is 0 Å². The summed E-state index contributed by atoms with van der Waals surface area (Å²) in [5, 5.41) is 8.91. The van der Waals surface area contributed by atoms with Gasteiger partial charge in [0.2, 0.25) is 0 Å². The van der Waals surface area contributed by atoms with Crippen LogP contribution in [0.1, 0.15) is 52.9 Å². The Morgan fingerprint density at radius 2 is 1.81 bits per heavy atom. The zero-order valence-corrected chi connectivity index (χ0v) is 19.0. The summed E-state index contributed by atoms with van der Waals surface area (Å²) in [7, 11) is 1.84. The highest BCUT2D eigenvalue weighted by Crippen LogP contribution is 2.39. The molecule has 0 bridgehead atoms. The molecule has 2 aromatic carbocycles. The lowest BCUT2D eigenvalue weighted by molar-refractivity contribution is -0.136. The van der Waals surface area contributed by atoms with Gasteiger partial charge in [-0.1, -0.05) is 45.0 Å². The van der Waals surface area contributed by atoms with Crippen LogP contribution < -0.4 is 9.64 Å². The summed E-state index contributed by atoms with van der Waals surface area (Å²) in [6.07, 6.45) is 4.23. The summed E-state index contributed by atoms with van der Waals surface area (Å²) in [4.78, 5) is 12.7. The number of benzene rings is 2. The average molecular weight is 428 g/mol. The van der Waals surface area contributed by atoms with Gasteiger partial charge in [-0.15, -0.1) is 0 Å². The molecule has 1 fully saturated rings. The molecule has 0 amide bonds. The molecule has 0 atom stereocenters. The van der Waals surface area contributed by atoms with E-state index in [9.17, 15) is 4.79 Å². The smallest absolute Gasteiger partial charge is 0.305 e. The van der Waals surface area contributed by atoms with Gasteiger partial charge in [-0.25, -0.2) is 4.39 Å². The number of rotatable bonds is 7. The fourth-order valence-electron chi connectivity index (χ4n) is 4.35. The molecule has 4 nitrogen and oxygen atoms in total. The molecular formula is C26H34FNO3. The van der Waals surface area contributed by atoms with E-state index >= 15 is 4.39 Å². The van der Waals surface area contributed by atoms with E-state index in [-0.39, 0.29) is 18.3 Å². The number of hydrogen-bond acceptors (Lipinski definition) is 3. The van der Waals surface area contributed by atoms with Gasteiger partial charge in [-0.2, -0.15) is 0 Å². The topological polar surface area (TPSA) is 49.8 Å². The molecule has 1 saturated carbocycles. The van der Waals surface area contributed by atoms with Gasteiger partial charge < -0.3 is 14.7 Å². The van der Waals surface area contributed by atoms with E-state index in [4.69, 9.17) is 9.84 Å². The van der Waals surface area contributed by atoms with E-state index in [2.05, 4.69) is 20.8 Å². The van der Waals surface area contributed by atoms with Crippen molar-refractivity contribution in [2.75, 3.05) is 18.5 Å². The number of nitrogens with zero attached hydrogens (tertiary/aromatic N) is 1. The monoisotopic (exact) mass is 427 g/mol. The molecule has 0 unspecified atom stereocenters. The Labute approximate surface area is 185 Å². The van der Waals surface area contributed by atoms with E-state index in [0.717, 1.165) is 36.9 Å². The fourth-order valence-corrected chi connectivity index (χ4v) is 4.35. The number of carbonyl (C=O) groups is 1. The van der Waals surface area contributed by atoms with Crippen molar-refractivity contribution in [1.82, 2.24) is 0 Å². The second-order valence-electron chi connectivity index (χ2n) is 9.69. The van der Waals surface area contributed by atoms with Gasteiger partial charge in [0.25, 0.3) is 0 Å². The summed E-state index contributed by atoms with van der Waals surface area (Å²) in [6, 6.07) is 12.8. The molecule has 0 saturated heterocycles. The quantitative estimate of drug-likeness (QED) is 0.556. The van der Waals surface area contributed by atoms with Crippen LogP contribution in [-0.2, 0) is 4.79 Å². The van der Waals surface area contributed by atoms with E-state index < -0.39 is 5.97 Å². The highest BCUT2D eigenvalue weighted by atomic mass is 19.1. The van der Waals surface area contributed by atoms with Gasteiger partial charge in [0, 0.05) is 24.8 Å². The van der Waals surface area contributed by atoms with Crippen LogP contribution in [0.2, 0.25) is 0 Å². The standard InChI is InChI=1S/C26H34FNO3/c1-26(2,3)19-11-13-21(14-12-19)31-23-10-6-9-22(25(23)27)18-7-5-8-20(17-18)28(4)16-15-24(29)30/h5-10,17,19,21H,11-16H2,1-4H3,(H,29,30). The number of anilines is 1. The molecule has 0 aliphatic heterocycles. The molecule has 1 N–H and O–H groups in total. The van der Waals surface area contributed by atoms with Crippen LogP contribution in [0.15, 0.2) is 42.5 Å². The lowest BCUT2D eigenvalue weighted by atomic mass is 9.72. The first-order valence-electron chi connectivity index (χ1n) is 11.1. The minimum Gasteiger partial charge on any atom is -0.487 e. The van der Waals surface area contributed by atoms with Crippen LogP contribution >= 0.6 is 0 Å². The van der Waals surface area contributed by atoms with Crippen molar-refractivity contribution in [2.45, 2.75) is 59.0 Å². The zero-order chi connectivity index (χ0) is 22.6. The van der Waals surface area contributed by atoms with Gasteiger partial charge in [0.15, 0.2) is 11.6 Å². The predicted octanol–water partition coefficient (Wildman–Crippen LogP) is 6.39. The van der Waals surface area contributed by atoms with Crippen LogP contribution in [-0.4, -0.2) is 30.8 Å². The molecule has 1 aliphatic carbocycles. The second-order valence-corrected chi connectivity index (χ2v) is 9.69. The molecule has 0 heterocycles. The Bertz CT molecular complexity index is 898. The Kier molecular flexibility index (Phi) is 7.24. The molecule has 1 aliphatic rings. The SMILES string of the molecule is CN(CCC(=O)O)c1cccc(-c2cccc(OC3CCC(C(C)(C)C)CC3)c2F)c1. The maximum absolute atomic E-state index is 15.3. The molecule has 3 rings (SSSR count). The molecule has 5 heteroatoms. The number of halogens is 1. The highest BCUT2D eigenvalue weighted by Gasteiger charge is 2.30. The molecule has 168 valence electrons. The number of carboxylic acid groups (broad SMARTS) is 1. The maximum Gasteiger partial charge on any atom is 0.305 e. The number of hydrogen-bond donors (Lipinski definition) is 1. The van der Waals surface area contributed by atoms with Crippen LogP contribution in [0.5, 0.6) is 5.75 Å². The van der Waals surface area contributed by atoms with Crippen molar-refractivity contribution in [2.24, 2.45) is 11.3 Å². The van der Waals surface area contributed by atoms with Crippen LogP contribution in [0.25, 0.3) is 11.1 Å². The maximum atomic E-state index is 15.3. The highest BCUT2D eigenvalue weighted by molar-refractivity contribution is 5.71. The molecule has 2 aromatic rings. The van der Waals surface area contributed by atoms with Crippen molar-refractivity contribution in [1.29, 1.82) is 0 Å². The molecule has 0 radical (unpaired) electrons. The first kappa shape index (κ1) is 23.1. The average Bonchev–Trinajstić information content (AvgIpc) is 2.73. The van der Waals surface area contributed by atoms with Gasteiger partial charge in [-0.3, -0.25) is 4.79 Å². The van der Waals surface area contributed by atoms with E-state index in [1.807, 2.05) is 42.3 Å². The van der Waals surface area contributed by atoms with Gasteiger partial charge in [-0.05, 0) is 60.8 Å². The summed E-state index contributed by atoms with van der Waals surface area (Å²) in [5.41, 5.74) is 2.40. The van der Waals surface area contributed by atoms with Crippen molar-refractivity contribution in [3.8, 4) is 16.9 Å². The first-order chi connectivity index (χ1) is 14.6. The van der Waals surface area contributed by atoms with Crippen molar-refractivity contribution >= 4 is 11.7 Å². The first-order valence-corrected chi connectivity index (χ1v) is 11.1. The van der Waals surface area contributed by atoms with Gasteiger partial charge >= 0.3 is 5.97 Å². The Morgan fingerprint density at radius 3 is 2.45 bits per heavy atom. The molecule has 31 heavy (non-hydrogen) atoms. The van der Waals surface area contributed by atoms with Gasteiger partial charge in [0.05, 0.1) is 12.5 Å². The Morgan fingerprint density at radius 1 is 1.13 bits per heavy atom. The van der Waals surface area contributed by atoms with Crippen molar-refractivity contribution < 1.29 is 19.0 Å². The zero-order valence-electron chi connectivity index (χ0n) is 19.0. The second kappa shape index (κ2) is 9.71. The Balaban J connectivity index is 1.73.